The van der Waals surface area contributed by atoms with Crippen LogP contribution in [-0.2, 0) is 4.79 Å². The summed E-state index contributed by atoms with van der Waals surface area (Å²) in [4.78, 5) is 12.5. The molecule has 3 atom stereocenters. The first kappa shape index (κ1) is 15.6. The highest BCUT2D eigenvalue weighted by Crippen LogP contribution is 2.32. The van der Waals surface area contributed by atoms with Crippen LogP contribution in [0.1, 0.15) is 18.4 Å². The van der Waals surface area contributed by atoms with E-state index in [2.05, 4.69) is 29.7 Å². The largest absolute Gasteiger partial charge is 0.497 e. The van der Waals surface area contributed by atoms with Crippen molar-refractivity contribution >= 4 is 11.6 Å². The Kier molecular flexibility index (Phi) is 4.63. The van der Waals surface area contributed by atoms with E-state index < -0.39 is 0 Å². The molecule has 0 unspecified atom stereocenters. The van der Waals surface area contributed by atoms with Crippen molar-refractivity contribution in [3.63, 3.8) is 0 Å². The fourth-order valence-electron chi connectivity index (χ4n) is 3.20. The maximum Gasteiger partial charge on any atom is 0.241 e. The van der Waals surface area contributed by atoms with Gasteiger partial charge in [-0.25, -0.2) is 0 Å². The molecule has 1 saturated heterocycles. The van der Waals surface area contributed by atoms with Crippen LogP contribution in [0.5, 0.6) is 5.75 Å². The number of methoxy groups -OCH3 is 1. The zero-order valence-electron chi connectivity index (χ0n) is 13.5. The van der Waals surface area contributed by atoms with Gasteiger partial charge in [0.15, 0.2) is 0 Å². The van der Waals surface area contributed by atoms with Crippen molar-refractivity contribution in [3.05, 3.63) is 60.2 Å². The van der Waals surface area contributed by atoms with Crippen LogP contribution in [-0.4, -0.2) is 25.6 Å². The molecule has 0 radical (unpaired) electrons. The van der Waals surface area contributed by atoms with Gasteiger partial charge in [-0.15, -0.1) is 0 Å². The highest BCUT2D eigenvalue weighted by Gasteiger charge is 2.37. The molecule has 1 aliphatic rings. The van der Waals surface area contributed by atoms with Gasteiger partial charge in [-0.3, -0.25) is 4.79 Å². The van der Waals surface area contributed by atoms with E-state index in [1.807, 2.05) is 42.5 Å². The van der Waals surface area contributed by atoms with Crippen molar-refractivity contribution in [2.45, 2.75) is 18.9 Å². The number of para-hydroxylation sites is 1. The van der Waals surface area contributed by atoms with E-state index >= 15 is 0 Å². The molecule has 0 saturated carbocycles. The molecule has 2 aromatic rings. The zero-order chi connectivity index (χ0) is 16.2. The lowest BCUT2D eigenvalue weighted by Gasteiger charge is -2.20. The van der Waals surface area contributed by atoms with Crippen LogP contribution in [0.4, 0.5) is 5.69 Å². The molecule has 4 heteroatoms. The average Bonchev–Trinajstić information content (AvgIpc) is 2.97. The van der Waals surface area contributed by atoms with Crippen LogP contribution in [0.2, 0.25) is 0 Å². The van der Waals surface area contributed by atoms with Crippen molar-refractivity contribution in [3.8, 4) is 5.75 Å². The molecule has 0 bridgehead atoms. The Balaban J connectivity index is 1.68. The molecule has 0 spiro atoms. The van der Waals surface area contributed by atoms with E-state index in [4.69, 9.17) is 4.74 Å². The second-order valence-corrected chi connectivity index (χ2v) is 5.98. The molecular formula is C19H22N2O2. The Morgan fingerprint density at radius 2 is 1.83 bits per heavy atom. The lowest BCUT2D eigenvalue weighted by atomic mass is 9.86. The molecule has 0 aromatic heterocycles. The minimum Gasteiger partial charge on any atom is -0.497 e. The molecule has 1 amide bonds. The molecule has 2 aromatic carbocycles. The van der Waals surface area contributed by atoms with Gasteiger partial charge in [0, 0.05) is 18.2 Å². The Bertz CT molecular complexity index is 655. The number of ether oxygens (including phenoxy) is 1. The fourth-order valence-corrected chi connectivity index (χ4v) is 3.20. The first-order chi connectivity index (χ1) is 11.2. The van der Waals surface area contributed by atoms with E-state index in [1.165, 1.54) is 5.56 Å². The number of carbonyl (C=O) groups is 1. The second kappa shape index (κ2) is 6.84. The lowest BCUT2D eigenvalue weighted by Crippen LogP contribution is -2.39. The normalized spacial score (nSPS) is 23.5. The van der Waals surface area contributed by atoms with Gasteiger partial charge in [-0.1, -0.05) is 37.3 Å². The van der Waals surface area contributed by atoms with Crippen LogP contribution in [0, 0.1) is 5.92 Å². The number of anilines is 1. The molecular weight excluding hydrogens is 288 g/mol. The SMILES string of the molecule is COc1ccc([C@H]2CN[C@H](C(=O)Nc3ccccc3)[C@@H]2C)cc1. The molecule has 1 aliphatic heterocycles. The second-order valence-electron chi connectivity index (χ2n) is 5.98. The number of rotatable bonds is 4. The van der Waals surface area contributed by atoms with Gasteiger partial charge >= 0.3 is 0 Å². The van der Waals surface area contributed by atoms with Crippen molar-refractivity contribution in [2.75, 3.05) is 19.0 Å². The van der Waals surface area contributed by atoms with Crippen LogP contribution in [0.3, 0.4) is 0 Å². The highest BCUT2D eigenvalue weighted by atomic mass is 16.5. The summed E-state index contributed by atoms with van der Waals surface area (Å²) in [6.45, 7) is 2.94. The van der Waals surface area contributed by atoms with Gasteiger partial charge in [-0.05, 0) is 35.7 Å². The van der Waals surface area contributed by atoms with Crippen LogP contribution >= 0.6 is 0 Å². The third-order valence-electron chi connectivity index (χ3n) is 4.59. The Labute approximate surface area is 136 Å². The summed E-state index contributed by atoms with van der Waals surface area (Å²) in [6.07, 6.45) is 0. The molecule has 120 valence electrons. The lowest BCUT2D eigenvalue weighted by molar-refractivity contribution is -0.118. The molecule has 1 heterocycles. The molecule has 0 aliphatic carbocycles. The summed E-state index contributed by atoms with van der Waals surface area (Å²) in [5.41, 5.74) is 2.07. The van der Waals surface area contributed by atoms with Gasteiger partial charge in [0.2, 0.25) is 5.91 Å². The van der Waals surface area contributed by atoms with E-state index in [9.17, 15) is 4.79 Å². The van der Waals surface area contributed by atoms with E-state index in [1.54, 1.807) is 7.11 Å². The summed E-state index contributed by atoms with van der Waals surface area (Å²) < 4.78 is 5.20. The van der Waals surface area contributed by atoms with Crippen LogP contribution in [0.25, 0.3) is 0 Å². The predicted molar refractivity (Wildman–Crippen MR) is 91.8 cm³/mol. The zero-order valence-corrected chi connectivity index (χ0v) is 13.5. The molecule has 2 N–H and O–H groups in total. The minimum absolute atomic E-state index is 0.0275. The van der Waals surface area contributed by atoms with Crippen LogP contribution in [0.15, 0.2) is 54.6 Å². The first-order valence-electron chi connectivity index (χ1n) is 7.92. The quantitative estimate of drug-likeness (QED) is 0.912. The topological polar surface area (TPSA) is 50.4 Å². The number of nitrogens with one attached hydrogen (secondary N) is 2. The van der Waals surface area contributed by atoms with Gasteiger partial charge in [-0.2, -0.15) is 0 Å². The van der Waals surface area contributed by atoms with Gasteiger partial charge in [0.25, 0.3) is 0 Å². The van der Waals surface area contributed by atoms with E-state index in [0.29, 0.717) is 5.92 Å². The predicted octanol–water partition coefficient (Wildman–Crippen LogP) is 3.03. The van der Waals surface area contributed by atoms with E-state index in [0.717, 1.165) is 18.0 Å². The van der Waals surface area contributed by atoms with Crippen molar-refractivity contribution in [1.82, 2.24) is 5.32 Å². The molecule has 3 rings (SSSR count). The Hall–Kier alpha value is -2.33. The number of carbonyl (C=O) groups excluding carboxylic acids is 1. The monoisotopic (exact) mass is 310 g/mol. The van der Waals surface area contributed by atoms with Crippen LogP contribution < -0.4 is 15.4 Å². The third kappa shape index (κ3) is 3.37. The molecule has 4 nitrogen and oxygen atoms in total. The number of hydrogen-bond acceptors (Lipinski definition) is 3. The summed E-state index contributed by atoms with van der Waals surface area (Å²) in [7, 11) is 1.67. The third-order valence-corrected chi connectivity index (χ3v) is 4.59. The summed E-state index contributed by atoms with van der Waals surface area (Å²) in [5, 5.41) is 6.34. The van der Waals surface area contributed by atoms with Gasteiger partial charge in [0.1, 0.15) is 5.75 Å². The van der Waals surface area contributed by atoms with Crippen molar-refractivity contribution in [2.24, 2.45) is 5.92 Å². The molecule has 23 heavy (non-hydrogen) atoms. The number of hydrogen-bond donors (Lipinski definition) is 2. The maximum absolute atomic E-state index is 12.5. The summed E-state index contributed by atoms with van der Waals surface area (Å²) in [6, 6.07) is 17.5. The maximum atomic E-state index is 12.5. The average molecular weight is 310 g/mol. The minimum atomic E-state index is -0.178. The van der Waals surface area contributed by atoms with E-state index in [-0.39, 0.29) is 17.9 Å². The van der Waals surface area contributed by atoms with Crippen molar-refractivity contribution < 1.29 is 9.53 Å². The van der Waals surface area contributed by atoms with Gasteiger partial charge < -0.3 is 15.4 Å². The Morgan fingerprint density at radius 3 is 2.48 bits per heavy atom. The number of amides is 1. The molecule has 1 fully saturated rings. The number of benzene rings is 2. The summed E-state index contributed by atoms with van der Waals surface area (Å²) in [5.74, 6) is 1.44. The highest BCUT2D eigenvalue weighted by molar-refractivity contribution is 5.95. The van der Waals surface area contributed by atoms with Crippen molar-refractivity contribution in [1.29, 1.82) is 0 Å². The summed E-state index contributed by atoms with van der Waals surface area (Å²) >= 11 is 0. The standard InChI is InChI=1S/C19H22N2O2/c1-13-17(14-8-10-16(23-2)11-9-14)12-20-18(13)19(22)21-15-6-4-3-5-7-15/h3-11,13,17-18,20H,12H2,1-2H3,(H,21,22)/t13-,17+,18+/m1/s1. The fraction of sp³-hybridized carbons (Fsp3) is 0.316. The Morgan fingerprint density at radius 1 is 1.13 bits per heavy atom. The smallest absolute Gasteiger partial charge is 0.241 e. The van der Waals surface area contributed by atoms with Gasteiger partial charge in [0.05, 0.1) is 13.2 Å². The first-order valence-corrected chi connectivity index (χ1v) is 7.92.